The molecule has 0 saturated carbocycles. The van der Waals surface area contributed by atoms with E-state index in [2.05, 4.69) is 5.32 Å². The standard InChI is InChI=1S/C15H17NO3/c1-15(2,3)11-9-19-14(18)12(11)16-13(17)10-7-5-4-6-8-10/h4-8H,9H2,1-3H3,(H,16,17). The van der Waals surface area contributed by atoms with E-state index in [9.17, 15) is 9.59 Å². The predicted octanol–water partition coefficient (Wildman–Crippen LogP) is 2.27. The summed E-state index contributed by atoms with van der Waals surface area (Å²) < 4.78 is 5.01. The van der Waals surface area contributed by atoms with Gasteiger partial charge in [-0.1, -0.05) is 39.0 Å². The molecule has 0 saturated heterocycles. The molecule has 1 aliphatic rings. The molecule has 0 fully saturated rings. The summed E-state index contributed by atoms with van der Waals surface area (Å²) in [6, 6.07) is 8.79. The van der Waals surface area contributed by atoms with Gasteiger partial charge in [-0.15, -0.1) is 0 Å². The second-order valence-electron chi connectivity index (χ2n) is 5.50. The van der Waals surface area contributed by atoms with Gasteiger partial charge in [0.2, 0.25) is 0 Å². The van der Waals surface area contributed by atoms with Crippen molar-refractivity contribution >= 4 is 11.9 Å². The van der Waals surface area contributed by atoms with Crippen LogP contribution >= 0.6 is 0 Å². The molecule has 1 aliphatic heterocycles. The van der Waals surface area contributed by atoms with Crippen LogP contribution in [0.25, 0.3) is 0 Å². The molecule has 2 rings (SSSR count). The maximum atomic E-state index is 12.1. The Balaban J connectivity index is 2.26. The molecule has 4 heteroatoms. The van der Waals surface area contributed by atoms with E-state index in [-0.39, 0.29) is 23.6 Å². The van der Waals surface area contributed by atoms with Crippen molar-refractivity contribution < 1.29 is 14.3 Å². The third-order valence-electron chi connectivity index (χ3n) is 3.03. The topological polar surface area (TPSA) is 55.4 Å². The Kier molecular flexibility index (Phi) is 3.42. The summed E-state index contributed by atoms with van der Waals surface area (Å²) in [6.07, 6.45) is 0. The Hall–Kier alpha value is -2.10. The first-order valence-electron chi connectivity index (χ1n) is 6.17. The van der Waals surface area contributed by atoms with Crippen molar-refractivity contribution in [3.05, 3.63) is 47.2 Å². The molecule has 1 heterocycles. The zero-order valence-corrected chi connectivity index (χ0v) is 11.3. The smallest absolute Gasteiger partial charge is 0.355 e. The highest BCUT2D eigenvalue weighted by atomic mass is 16.5. The Labute approximate surface area is 112 Å². The van der Waals surface area contributed by atoms with Crippen LogP contribution in [0.2, 0.25) is 0 Å². The Morgan fingerprint density at radius 1 is 1.21 bits per heavy atom. The van der Waals surface area contributed by atoms with Gasteiger partial charge in [0.15, 0.2) is 0 Å². The molecular formula is C15H17NO3. The quantitative estimate of drug-likeness (QED) is 0.829. The molecule has 0 unspecified atom stereocenters. The SMILES string of the molecule is CC(C)(C)C1=C(NC(=O)c2ccccc2)C(=O)OC1. The molecule has 1 aromatic rings. The number of carbonyl (C=O) groups is 2. The number of cyclic esters (lactones) is 1. The van der Waals surface area contributed by atoms with Gasteiger partial charge in [-0.05, 0) is 17.5 Å². The van der Waals surface area contributed by atoms with E-state index in [0.717, 1.165) is 5.57 Å². The van der Waals surface area contributed by atoms with Crippen LogP contribution in [-0.4, -0.2) is 18.5 Å². The fourth-order valence-electron chi connectivity index (χ4n) is 1.90. The molecule has 1 amide bonds. The van der Waals surface area contributed by atoms with Gasteiger partial charge in [0, 0.05) is 11.1 Å². The molecule has 4 nitrogen and oxygen atoms in total. The molecule has 1 aromatic carbocycles. The van der Waals surface area contributed by atoms with E-state index in [1.165, 1.54) is 0 Å². The lowest BCUT2D eigenvalue weighted by Gasteiger charge is -2.20. The molecule has 0 aromatic heterocycles. The van der Waals surface area contributed by atoms with E-state index in [0.29, 0.717) is 5.56 Å². The van der Waals surface area contributed by atoms with Crippen LogP contribution in [0, 0.1) is 5.41 Å². The first kappa shape index (κ1) is 13.3. The fraction of sp³-hybridized carbons (Fsp3) is 0.333. The minimum Gasteiger partial charge on any atom is -0.456 e. The molecule has 0 spiro atoms. The lowest BCUT2D eigenvalue weighted by Crippen LogP contribution is -2.28. The largest absolute Gasteiger partial charge is 0.456 e. The Bertz CT molecular complexity index is 538. The Morgan fingerprint density at radius 2 is 1.84 bits per heavy atom. The normalized spacial score (nSPS) is 15.4. The van der Waals surface area contributed by atoms with Crippen molar-refractivity contribution in [1.82, 2.24) is 5.32 Å². The first-order valence-corrected chi connectivity index (χ1v) is 6.17. The van der Waals surface area contributed by atoms with E-state index in [4.69, 9.17) is 4.74 Å². The van der Waals surface area contributed by atoms with Crippen LogP contribution in [0.1, 0.15) is 31.1 Å². The van der Waals surface area contributed by atoms with Gasteiger partial charge in [-0.25, -0.2) is 4.79 Å². The molecular weight excluding hydrogens is 242 g/mol. The number of hydrogen-bond donors (Lipinski definition) is 1. The third kappa shape index (κ3) is 2.84. The number of ether oxygens (including phenoxy) is 1. The molecule has 0 aliphatic carbocycles. The van der Waals surface area contributed by atoms with E-state index in [1.807, 2.05) is 26.8 Å². The zero-order valence-electron chi connectivity index (χ0n) is 11.3. The summed E-state index contributed by atoms with van der Waals surface area (Å²) in [5.41, 5.74) is 1.40. The number of esters is 1. The highest BCUT2D eigenvalue weighted by molar-refractivity contribution is 6.02. The summed E-state index contributed by atoms with van der Waals surface area (Å²) in [7, 11) is 0. The van der Waals surface area contributed by atoms with Crippen molar-refractivity contribution in [2.75, 3.05) is 6.61 Å². The summed E-state index contributed by atoms with van der Waals surface area (Å²) in [5.74, 6) is -0.759. The number of rotatable bonds is 2. The summed E-state index contributed by atoms with van der Waals surface area (Å²) in [5, 5.41) is 2.67. The second-order valence-corrected chi connectivity index (χ2v) is 5.50. The summed E-state index contributed by atoms with van der Waals surface area (Å²) in [6.45, 7) is 6.20. The number of carbonyl (C=O) groups excluding carboxylic acids is 2. The van der Waals surface area contributed by atoms with Gasteiger partial charge in [-0.2, -0.15) is 0 Å². The van der Waals surface area contributed by atoms with Crippen LogP contribution in [0.5, 0.6) is 0 Å². The molecule has 0 bridgehead atoms. The summed E-state index contributed by atoms with van der Waals surface area (Å²) in [4.78, 5) is 23.8. The number of nitrogens with one attached hydrogen (secondary N) is 1. The van der Waals surface area contributed by atoms with E-state index >= 15 is 0 Å². The van der Waals surface area contributed by atoms with Crippen molar-refractivity contribution in [2.24, 2.45) is 5.41 Å². The monoisotopic (exact) mass is 259 g/mol. The maximum Gasteiger partial charge on any atom is 0.355 e. The predicted molar refractivity (Wildman–Crippen MR) is 71.3 cm³/mol. The minimum atomic E-state index is -0.464. The summed E-state index contributed by atoms with van der Waals surface area (Å²) >= 11 is 0. The number of benzene rings is 1. The van der Waals surface area contributed by atoms with E-state index in [1.54, 1.807) is 24.3 Å². The van der Waals surface area contributed by atoms with Gasteiger partial charge >= 0.3 is 5.97 Å². The fourth-order valence-corrected chi connectivity index (χ4v) is 1.90. The average Bonchev–Trinajstić information content (AvgIpc) is 2.72. The average molecular weight is 259 g/mol. The van der Waals surface area contributed by atoms with Crippen molar-refractivity contribution in [3.63, 3.8) is 0 Å². The maximum absolute atomic E-state index is 12.1. The van der Waals surface area contributed by atoms with Gasteiger partial charge in [-0.3, -0.25) is 4.79 Å². The van der Waals surface area contributed by atoms with Gasteiger partial charge in [0.05, 0.1) is 0 Å². The molecule has 1 N–H and O–H groups in total. The first-order chi connectivity index (χ1) is 8.89. The Morgan fingerprint density at radius 3 is 2.42 bits per heavy atom. The highest BCUT2D eigenvalue weighted by Crippen LogP contribution is 2.31. The number of amides is 1. The number of hydrogen-bond acceptors (Lipinski definition) is 3. The van der Waals surface area contributed by atoms with Crippen molar-refractivity contribution in [1.29, 1.82) is 0 Å². The van der Waals surface area contributed by atoms with Crippen molar-refractivity contribution in [2.45, 2.75) is 20.8 Å². The van der Waals surface area contributed by atoms with Crippen LogP contribution in [0.15, 0.2) is 41.6 Å². The van der Waals surface area contributed by atoms with Crippen LogP contribution in [-0.2, 0) is 9.53 Å². The lowest BCUT2D eigenvalue weighted by molar-refractivity contribution is -0.136. The van der Waals surface area contributed by atoms with Crippen LogP contribution in [0.3, 0.4) is 0 Å². The molecule has 19 heavy (non-hydrogen) atoms. The zero-order chi connectivity index (χ0) is 14.0. The minimum absolute atomic E-state index is 0.217. The lowest BCUT2D eigenvalue weighted by atomic mass is 9.86. The molecule has 0 radical (unpaired) electrons. The van der Waals surface area contributed by atoms with Crippen LogP contribution in [0.4, 0.5) is 0 Å². The highest BCUT2D eigenvalue weighted by Gasteiger charge is 2.33. The van der Waals surface area contributed by atoms with Gasteiger partial charge < -0.3 is 10.1 Å². The van der Waals surface area contributed by atoms with Crippen molar-refractivity contribution in [3.8, 4) is 0 Å². The second kappa shape index (κ2) is 4.88. The molecule has 100 valence electrons. The molecule has 0 atom stereocenters. The van der Waals surface area contributed by atoms with E-state index < -0.39 is 5.97 Å². The van der Waals surface area contributed by atoms with Gasteiger partial charge in [0.25, 0.3) is 5.91 Å². The third-order valence-corrected chi connectivity index (χ3v) is 3.03. The van der Waals surface area contributed by atoms with Gasteiger partial charge in [0.1, 0.15) is 12.3 Å². The van der Waals surface area contributed by atoms with Crippen LogP contribution < -0.4 is 5.32 Å².